The highest BCUT2D eigenvalue weighted by Crippen LogP contribution is 2.35. The van der Waals surface area contributed by atoms with Crippen LogP contribution in [0, 0.1) is 17.2 Å². The van der Waals surface area contributed by atoms with Gasteiger partial charge in [0.25, 0.3) is 0 Å². The second-order valence-electron chi connectivity index (χ2n) is 4.13. The van der Waals surface area contributed by atoms with Gasteiger partial charge in [-0.1, -0.05) is 6.07 Å². The molecule has 1 nitrogen and oxygen atoms in total. The fourth-order valence-corrected chi connectivity index (χ4v) is 1.67. The number of halogens is 3. The first-order chi connectivity index (χ1) is 7.50. The molecule has 1 aromatic carbocycles. The maximum atomic E-state index is 12.4. The molecule has 0 N–H and O–H groups in total. The van der Waals surface area contributed by atoms with E-state index in [1.54, 1.807) is 0 Å². The van der Waals surface area contributed by atoms with Gasteiger partial charge in [0.05, 0.1) is 17.2 Å². The molecule has 4 heteroatoms. The lowest BCUT2D eigenvalue weighted by atomic mass is 10.00. The molecule has 0 spiro atoms. The molecule has 1 fully saturated rings. The van der Waals surface area contributed by atoms with Crippen molar-refractivity contribution >= 4 is 0 Å². The molecule has 0 saturated heterocycles. The molecule has 1 aliphatic rings. The predicted molar refractivity (Wildman–Crippen MR) is 52.6 cm³/mol. The van der Waals surface area contributed by atoms with Crippen LogP contribution < -0.4 is 0 Å². The molecular weight excluding hydrogens is 215 g/mol. The Hall–Kier alpha value is -1.50. The monoisotopic (exact) mass is 225 g/mol. The summed E-state index contributed by atoms with van der Waals surface area (Å²) in [5, 5.41) is 8.82. The zero-order valence-corrected chi connectivity index (χ0v) is 8.51. The van der Waals surface area contributed by atoms with E-state index in [0.717, 1.165) is 37.0 Å². The Labute approximate surface area is 91.5 Å². The van der Waals surface area contributed by atoms with Crippen molar-refractivity contribution in [3.63, 3.8) is 0 Å². The third-order valence-electron chi connectivity index (χ3n) is 2.76. The lowest BCUT2D eigenvalue weighted by Gasteiger charge is -2.09. The van der Waals surface area contributed by atoms with Crippen LogP contribution in [-0.4, -0.2) is 0 Å². The summed E-state index contributed by atoms with van der Waals surface area (Å²) in [7, 11) is 0. The van der Waals surface area contributed by atoms with Gasteiger partial charge in [-0.15, -0.1) is 0 Å². The van der Waals surface area contributed by atoms with Gasteiger partial charge in [-0.05, 0) is 42.9 Å². The van der Waals surface area contributed by atoms with Crippen LogP contribution in [0.4, 0.5) is 13.2 Å². The highest BCUT2D eigenvalue weighted by molar-refractivity contribution is 5.42. The third kappa shape index (κ3) is 2.35. The Morgan fingerprint density at radius 2 is 2.00 bits per heavy atom. The van der Waals surface area contributed by atoms with Crippen molar-refractivity contribution < 1.29 is 13.2 Å². The van der Waals surface area contributed by atoms with Crippen LogP contribution in [-0.2, 0) is 12.6 Å². The van der Waals surface area contributed by atoms with Gasteiger partial charge >= 0.3 is 6.18 Å². The van der Waals surface area contributed by atoms with Crippen LogP contribution in [0.1, 0.15) is 29.5 Å². The van der Waals surface area contributed by atoms with Gasteiger partial charge in [-0.3, -0.25) is 0 Å². The number of alkyl halides is 3. The fraction of sp³-hybridized carbons (Fsp3) is 0.417. The third-order valence-corrected chi connectivity index (χ3v) is 2.76. The molecule has 1 aromatic rings. The average Bonchev–Trinajstić information content (AvgIpc) is 3.00. The molecule has 0 unspecified atom stereocenters. The van der Waals surface area contributed by atoms with Gasteiger partial charge in [-0.2, -0.15) is 18.4 Å². The van der Waals surface area contributed by atoms with Crippen LogP contribution in [0.15, 0.2) is 18.2 Å². The van der Waals surface area contributed by atoms with Crippen molar-refractivity contribution in [2.75, 3.05) is 0 Å². The smallest absolute Gasteiger partial charge is 0.192 e. The highest BCUT2D eigenvalue weighted by atomic mass is 19.4. The summed E-state index contributed by atoms with van der Waals surface area (Å²) in [4.78, 5) is 0. The Morgan fingerprint density at radius 3 is 2.50 bits per heavy atom. The Balaban J connectivity index is 2.31. The van der Waals surface area contributed by atoms with Crippen molar-refractivity contribution in [3.8, 4) is 6.07 Å². The Kier molecular flexibility index (Phi) is 2.63. The van der Waals surface area contributed by atoms with Crippen molar-refractivity contribution in [2.45, 2.75) is 25.4 Å². The van der Waals surface area contributed by atoms with Crippen molar-refractivity contribution in [1.82, 2.24) is 0 Å². The summed E-state index contributed by atoms with van der Waals surface area (Å²) < 4.78 is 37.2. The lowest BCUT2D eigenvalue weighted by Crippen LogP contribution is -2.06. The van der Waals surface area contributed by atoms with E-state index in [-0.39, 0.29) is 5.56 Å². The standard InChI is InChI=1S/C12H10F3N/c13-12(14,15)11-4-3-9(5-8-1-2-8)10(6-11)7-16/h3-4,6,8H,1-2,5H2. The minimum Gasteiger partial charge on any atom is -0.192 e. The van der Waals surface area contributed by atoms with Gasteiger partial charge in [0, 0.05) is 0 Å². The SMILES string of the molecule is N#Cc1cc(C(F)(F)F)ccc1CC1CC1. The van der Waals surface area contributed by atoms with E-state index >= 15 is 0 Å². The van der Waals surface area contributed by atoms with Gasteiger partial charge < -0.3 is 0 Å². The van der Waals surface area contributed by atoms with Crippen molar-refractivity contribution in [2.24, 2.45) is 5.92 Å². The minimum absolute atomic E-state index is 0.154. The topological polar surface area (TPSA) is 23.8 Å². The van der Waals surface area contributed by atoms with Crippen molar-refractivity contribution in [1.29, 1.82) is 5.26 Å². The molecule has 84 valence electrons. The summed E-state index contributed by atoms with van der Waals surface area (Å²) in [6.45, 7) is 0. The molecule has 0 bridgehead atoms. The van der Waals surface area contributed by atoms with Crippen LogP contribution in [0.5, 0.6) is 0 Å². The second kappa shape index (κ2) is 3.82. The molecule has 0 atom stereocenters. The van der Waals surface area contributed by atoms with Gasteiger partial charge in [0.2, 0.25) is 0 Å². The summed E-state index contributed by atoms with van der Waals surface area (Å²) >= 11 is 0. The van der Waals surface area contributed by atoms with Crippen LogP contribution in [0.25, 0.3) is 0 Å². The van der Waals surface area contributed by atoms with Crippen molar-refractivity contribution in [3.05, 3.63) is 34.9 Å². The molecular formula is C12H10F3N. The molecule has 1 saturated carbocycles. The van der Waals surface area contributed by atoms with Crippen LogP contribution in [0.2, 0.25) is 0 Å². The Morgan fingerprint density at radius 1 is 1.31 bits per heavy atom. The van der Waals surface area contributed by atoms with Gasteiger partial charge in [0.15, 0.2) is 0 Å². The first kappa shape index (κ1) is 11.0. The second-order valence-corrected chi connectivity index (χ2v) is 4.13. The number of rotatable bonds is 2. The molecule has 1 aliphatic carbocycles. The fourth-order valence-electron chi connectivity index (χ4n) is 1.67. The minimum atomic E-state index is -4.37. The summed E-state index contributed by atoms with van der Waals surface area (Å²) in [5.74, 6) is 0.559. The molecule has 0 radical (unpaired) electrons. The first-order valence-electron chi connectivity index (χ1n) is 5.11. The van der Waals surface area contributed by atoms with E-state index in [1.807, 2.05) is 6.07 Å². The lowest BCUT2D eigenvalue weighted by molar-refractivity contribution is -0.137. The molecule has 16 heavy (non-hydrogen) atoms. The average molecular weight is 225 g/mol. The van der Waals surface area contributed by atoms with E-state index < -0.39 is 11.7 Å². The highest BCUT2D eigenvalue weighted by Gasteiger charge is 2.31. The maximum absolute atomic E-state index is 12.4. The van der Waals surface area contributed by atoms with Crippen LogP contribution >= 0.6 is 0 Å². The van der Waals surface area contributed by atoms with E-state index in [1.165, 1.54) is 6.07 Å². The van der Waals surface area contributed by atoms with E-state index in [2.05, 4.69) is 0 Å². The Bertz CT molecular complexity index is 439. The largest absolute Gasteiger partial charge is 0.416 e. The van der Waals surface area contributed by atoms with E-state index in [9.17, 15) is 13.2 Å². The molecule has 0 aliphatic heterocycles. The molecule has 0 heterocycles. The molecule has 0 aromatic heterocycles. The zero-order valence-electron chi connectivity index (χ0n) is 8.51. The maximum Gasteiger partial charge on any atom is 0.416 e. The quantitative estimate of drug-likeness (QED) is 0.755. The van der Waals surface area contributed by atoms with E-state index in [4.69, 9.17) is 5.26 Å². The molecule has 0 amide bonds. The van der Waals surface area contributed by atoms with Crippen LogP contribution in [0.3, 0.4) is 0 Å². The first-order valence-corrected chi connectivity index (χ1v) is 5.11. The summed E-state index contributed by atoms with van der Waals surface area (Å²) in [6, 6.07) is 5.27. The number of hydrogen-bond donors (Lipinski definition) is 0. The van der Waals surface area contributed by atoms with Gasteiger partial charge in [-0.25, -0.2) is 0 Å². The number of nitriles is 1. The van der Waals surface area contributed by atoms with Gasteiger partial charge in [0.1, 0.15) is 0 Å². The zero-order chi connectivity index (χ0) is 11.8. The normalized spacial score (nSPS) is 15.9. The predicted octanol–water partition coefficient (Wildman–Crippen LogP) is 3.53. The summed E-state index contributed by atoms with van der Waals surface area (Å²) in [5.41, 5.74) is 0.142. The van der Waals surface area contributed by atoms with E-state index in [0.29, 0.717) is 5.92 Å². The number of nitrogens with zero attached hydrogens (tertiary/aromatic N) is 1. The number of hydrogen-bond acceptors (Lipinski definition) is 1. The molecule has 2 rings (SSSR count). The summed E-state index contributed by atoms with van der Waals surface area (Å²) in [6.07, 6.45) is -1.41. The number of benzene rings is 1.